The van der Waals surface area contributed by atoms with Crippen LogP contribution < -0.4 is 5.32 Å². The molecule has 0 radical (unpaired) electrons. The van der Waals surface area contributed by atoms with Gasteiger partial charge in [-0.1, -0.05) is 13.8 Å². The van der Waals surface area contributed by atoms with Crippen LogP contribution in [0.3, 0.4) is 0 Å². The summed E-state index contributed by atoms with van der Waals surface area (Å²) in [5, 5.41) is 3.68. The molecular weight excluding hydrogens is 224 g/mol. The average molecular weight is 250 g/mol. The molecule has 1 fully saturated rings. The number of nitrogens with one attached hydrogen (secondary N) is 1. The molecule has 2 rings (SSSR count). The molecule has 0 atom stereocenters. The smallest absolute Gasteiger partial charge is 0.0948 e. The molecule has 0 saturated carbocycles. The van der Waals surface area contributed by atoms with E-state index in [-0.39, 0.29) is 0 Å². The van der Waals surface area contributed by atoms with Crippen LogP contribution in [0.1, 0.15) is 38.8 Å². The van der Waals surface area contributed by atoms with Gasteiger partial charge in [0.05, 0.1) is 12.0 Å². The molecule has 1 aromatic rings. The van der Waals surface area contributed by atoms with Crippen molar-refractivity contribution in [3.8, 4) is 0 Å². The minimum Gasteiger partial charge on any atom is -0.333 e. The minimum absolute atomic E-state index is 0.678. The summed E-state index contributed by atoms with van der Waals surface area (Å²) in [6.07, 6.45) is 7.65. The van der Waals surface area contributed by atoms with Crippen molar-refractivity contribution in [2.24, 2.45) is 0 Å². The van der Waals surface area contributed by atoms with Gasteiger partial charge in [0, 0.05) is 25.3 Å². The molecule has 1 saturated heterocycles. The molecule has 0 unspecified atom stereocenters. The van der Waals surface area contributed by atoms with Gasteiger partial charge in [-0.3, -0.25) is 0 Å². The molecule has 18 heavy (non-hydrogen) atoms. The van der Waals surface area contributed by atoms with E-state index in [4.69, 9.17) is 0 Å². The largest absolute Gasteiger partial charge is 0.333 e. The molecule has 1 aliphatic heterocycles. The summed E-state index contributed by atoms with van der Waals surface area (Å²) in [7, 11) is 0. The number of piperidine rings is 1. The average Bonchev–Trinajstić information content (AvgIpc) is 2.85. The van der Waals surface area contributed by atoms with Crippen LogP contribution in [-0.2, 0) is 13.1 Å². The summed E-state index contributed by atoms with van der Waals surface area (Å²) < 4.78 is 2.26. The summed E-state index contributed by atoms with van der Waals surface area (Å²) in [5.41, 5.74) is 1.31. The van der Waals surface area contributed by atoms with Crippen LogP contribution in [-0.4, -0.2) is 40.1 Å². The van der Waals surface area contributed by atoms with Crippen LogP contribution >= 0.6 is 0 Å². The quantitative estimate of drug-likeness (QED) is 0.836. The van der Waals surface area contributed by atoms with Gasteiger partial charge in [0.15, 0.2) is 0 Å². The van der Waals surface area contributed by atoms with E-state index in [0.717, 1.165) is 19.5 Å². The highest BCUT2D eigenvalue weighted by Crippen LogP contribution is 2.10. The second kappa shape index (κ2) is 6.90. The van der Waals surface area contributed by atoms with Crippen LogP contribution in [0, 0.1) is 0 Å². The Kier molecular flexibility index (Phi) is 5.20. The Morgan fingerprint density at radius 3 is 2.78 bits per heavy atom. The highest BCUT2D eigenvalue weighted by molar-refractivity contribution is 4.98. The van der Waals surface area contributed by atoms with Crippen molar-refractivity contribution in [3.63, 3.8) is 0 Å². The number of aryl methyl sites for hydroxylation is 1. The summed E-state index contributed by atoms with van der Waals surface area (Å²) in [6, 6.07) is 0.678. The van der Waals surface area contributed by atoms with Crippen molar-refractivity contribution >= 4 is 0 Å². The highest BCUT2D eigenvalue weighted by Gasteiger charge is 2.17. The molecule has 4 heteroatoms. The van der Waals surface area contributed by atoms with E-state index in [1.54, 1.807) is 0 Å². The second-order valence-electron chi connectivity index (χ2n) is 5.17. The van der Waals surface area contributed by atoms with E-state index in [1.165, 1.54) is 38.2 Å². The summed E-state index contributed by atoms with van der Waals surface area (Å²) >= 11 is 0. The van der Waals surface area contributed by atoms with Crippen LogP contribution in [0.4, 0.5) is 0 Å². The maximum atomic E-state index is 4.24. The predicted octanol–water partition coefficient (Wildman–Crippen LogP) is 1.87. The van der Waals surface area contributed by atoms with Crippen LogP contribution in [0.2, 0.25) is 0 Å². The van der Waals surface area contributed by atoms with E-state index < -0.39 is 0 Å². The first kappa shape index (κ1) is 13.6. The van der Waals surface area contributed by atoms with Gasteiger partial charge in [-0.2, -0.15) is 0 Å². The molecule has 1 N–H and O–H groups in total. The first-order valence-electron chi connectivity index (χ1n) is 7.28. The fourth-order valence-corrected chi connectivity index (χ4v) is 2.64. The lowest BCUT2D eigenvalue weighted by atomic mass is 10.1. The lowest BCUT2D eigenvalue weighted by Gasteiger charge is -2.31. The Hall–Kier alpha value is -0.870. The minimum atomic E-state index is 0.678. The molecule has 102 valence electrons. The molecule has 2 heterocycles. The fourth-order valence-electron chi connectivity index (χ4n) is 2.64. The van der Waals surface area contributed by atoms with Gasteiger partial charge >= 0.3 is 0 Å². The van der Waals surface area contributed by atoms with Gasteiger partial charge in [-0.25, -0.2) is 4.98 Å². The number of hydrogen-bond donors (Lipinski definition) is 1. The van der Waals surface area contributed by atoms with E-state index >= 15 is 0 Å². The maximum Gasteiger partial charge on any atom is 0.0948 e. The highest BCUT2D eigenvalue weighted by atomic mass is 15.1. The third-order valence-electron chi connectivity index (χ3n) is 3.87. The van der Waals surface area contributed by atoms with Gasteiger partial charge in [0.25, 0.3) is 0 Å². The summed E-state index contributed by atoms with van der Waals surface area (Å²) in [5.74, 6) is 0. The normalized spacial score (nSPS) is 18.3. The van der Waals surface area contributed by atoms with Crippen molar-refractivity contribution in [1.82, 2.24) is 19.8 Å². The van der Waals surface area contributed by atoms with E-state index in [0.29, 0.717) is 6.04 Å². The molecule has 0 aromatic carbocycles. The van der Waals surface area contributed by atoms with Gasteiger partial charge in [-0.15, -0.1) is 0 Å². The van der Waals surface area contributed by atoms with Gasteiger partial charge in [0.2, 0.25) is 0 Å². The van der Waals surface area contributed by atoms with Crippen molar-refractivity contribution in [1.29, 1.82) is 0 Å². The Morgan fingerprint density at radius 1 is 1.33 bits per heavy atom. The molecule has 1 aliphatic rings. The lowest BCUT2D eigenvalue weighted by Crippen LogP contribution is -2.42. The van der Waals surface area contributed by atoms with Crippen molar-refractivity contribution in [2.75, 3.05) is 19.6 Å². The van der Waals surface area contributed by atoms with E-state index in [1.807, 2.05) is 12.5 Å². The number of imidazole rings is 1. The summed E-state index contributed by atoms with van der Waals surface area (Å²) in [4.78, 5) is 6.77. The molecule has 0 bridgehead atoms. The van der Waals surface area contributed by atoms with Gasteiger partial charge in [0.1, 0.15) is 0 Å². The van der Waals surface area contributed by atoms with Crippen LogP contribution in [0.15, 0.2) is 12.5 Å². The molecule has 1 aromatic heterocycles. The monoisotopic (exact) mass is 250 g/mol. The Balaban J connectivity index is 1.76. The third-order valence-corrected chi connectivity index (χ3v) is 3.87. The zero-order chi connectivity index (χ0) is 12.8. The molecule has 4 nitrogen and oxygen atoms in total. The number of nitrogens with zero attached hydrogens (tertiary/aromatic N) is 3. The van der Waals surface area contributed by atoms with Crippen LogP contribution in [0.5, 0.6) is 0 Å². The Morgan fingerprint density at radius 2 is 2.11 bits per heavy atom. The topological polar surface area (TPSA) is 33.1 Å². The first-order chi connectivity index (χ1) is 8.83. The lowest BCUT2D eigenvalue weighted by molar-refractivity contribution is 0.205. The third kappa shape index (κ3) is 3.56. The predicted molar refractivity (Wildman–Crippen MR) is 74.5 cm³/mol. The zero-order valence-corrected chi connectivity index (χ0v) is 11.7. The zero-order valence-electron chi connectivity index (χ0n) is 11.7. The number of rotatable bonds is 6. The van der Waals surface area contributed by atoms with Gasteiger partial charge in [-0.05, 0) is 38.9 Å². The van der Waals surface area contributed by atoms with Crippen LogP contribution in [0.25, 0.3) is 0 Å². The Bertz CT molecular complexity index is 339. The maximum absolute atomic E-state index is 4.24. The van der Waals surface area contributed by atoms with Gasteiger partial charge < -0.3 is 14.8 Å². The number of likely N-dealkylation sites (tertiary alicyclic amines) is 1. The molecular formula is C14H26N4. The number of hydrogen-bond acceptors (Lipinski definition) is 3. The fraction of sp³-hybridized carbons (Fsp3) is 0.786. The standard InChI is InChI=1S/C14H26N4/c1-3-7-18-12-15-10-14(18)11-16-13-5-8-17(4-2)9-6-13/h10,12-13,16H,3-9,11H2,1-2H3. The Labute approximate surface area is 110 Å². The number of aromatic nitrogens is 2. The van der Waals surface area contributed by atoms with E-state index in [2.05, 4.69) is 33.6 Å². The van der Waals surface area contributed by atoms with E-state index in [9.17, 15) is 0 Å². The second-order valence-corrected chi connectivity index (χ2v) is 5.17. The van der Waals surface area contributed by atoms with Crippen molar-refractivity contribution < 1.29 is 0 Å². The SMILES string of the molecule is CCCn1cncc1CNC1CCN(CC)CC1. The molecule has 0 amide bonds. The first-order valence-corrected chi connectivity index (χ1v) is 7.28. The molecule has 0 aliphatic carbocycles. The summed E-state index contributed by atoms with van der Waals surface area (Å²) in [6.45, 7) is 10.2. The van der Waals surface area contributed by atoms with Crippen molar-refractivity contribution in [2.45, 2.75) is 52.2 Å². The van der Waals surface area contributed by atoms with Crippen molar-refractivity contribution in [3.05, 3.63) is 18.2 Å². The molecule has 0 spiro atoms.